The van der Waals surface area contributed by atoms with Gasteiger partial charge in [0.15, 0.2) is 11.5 Å². The maximum absolute atomic E-state index is 6.33. The highest BCUT2D eigenvalue weighted by Gasteiger charge is 2.36. The number of benzene rings is 2. The van der Waals surface area contributed by atoms with Gasteiger partial charge in [0.1, 0.15) is 11.4 Å². The van der Waals surface area contributed by atoms with Crippen molar-refractivity contribution in [1.29, 1.82) is 0 Å². The van der Waals surface area contributed by atoms with Crippen LogP contribution in [-0.4, -0.2) is 51.4 Å². The van der Waals surface area contributed by atoms with Gasteiger partial charge in [-0.2, -0.15) is 0 Å². The average Bonchev–Trinajstić information content (AvgIpc) is 3.08. The van der Waals surface area contributed by atoms with E-state index in [1.807, 2.05) is 6.07 Å². The Morgan fingerprint density at radius 3 is 2.35 bits per heavy atom. The summed E-state index contributed by atoms with van der Waals surface area (Å²) in [5.74, 6) is 2.66. The summed E-state index contributed by atoms with van der Waals surface area (Å²) < 4.78 is 17.3. The molecular formula is C26H36N2O3. The smallest absolute Gasteiger partial charge is 0.161 e. The first-order valence-corrected chi connectivity index (χ1v) is 11.2. The van der Waals surface area contributed by atoms with Gasteiger partial charge in [0, 0.05) is 37.3 Å². The molecule has 1 unspecified atom stereocenters. The minimum Gasteiger partial charge on any atom is -0.493 e. The second-order valence-corrected chi connectivity index (χ2v) is 9.63. The van der Waals surface area contributed by atoms with E-state index in [1.54, 1.807) is 14.2 Å². The molecule has 4 rings (SSSR count). The summed E-state index contributed by atoms with van der Waals surface area (Å²) in [5.41, 5.74) is 7.88. The summed E-state index contributed by atoms with van der Waals surface area (Å²) in [4.78, 5) is 5.01. The highest BCUT2D eigenvalue weighted by Crippen LogP contribution is 2.46. The third kappa shape index (κ3) is 3.73. The molecule has 1 fully saturated rings. The molecule has 2 aromatic carbocycles. The third-order valence-electron chi connectivity index (χ3n) is 7.08. The molecule has 0 radical (unpaired) electrons. The van der Waals surface area contributed by atoms with Crippen molar-refractivity contribution in [1.82, 2.24) is 4.90 Å². The van der Waals surface area contributed by atoms with Crippen LogP contribution >= 0.6 is 0 Å². The number of hydrogen-bond acceptors (Lipinski definition) is 5. The molecule has 168 valence electrons. The summed E-state index contributed by atoms with van der Waals surface area (Å²) in [6.07, 6.45) is 0.967. The lowest BCUT2D eigenvalue weighted by atomic mass is 9.91. The molecule has 2 aliphatic rings. The van der Waals surface area contributed by atoms with Gasteiger partial charge in [0.2, 0.25) is 0 Å². The number of nitrogens with zero attached hydrogens (tertiary/aromatic N) is 2. The minimum absolute atomic E-state index is 0.132. The average molecular weight is 425 g/mol. The van der Waals surface area contributed by atoms with E-state index >= 15 is 0 Å². The van der Waals surface area contributed by atoms with Gasteiger partial charge >= 0.3 is 0 Å². The van der Waals surface area contributed by atoms with Crippen LogP contribution in [0.15, 0.2) is 18.2 Å². The zero-order valence-electron chi connectivity index (χ0n) is 20.3. The maximum atomic E-state index is 6.33. The molecular weight excluding hydrogens is 388 g/mol. The van der Waals surface area contributed by atoms with Crippen LogP contribution in [0.1, 0.15) is 47.7 Å². The van der Waals surface area contributed by atoms with Gasteiger partial charge in [-0.1, -0.05) is 6.07 Å². The molecule has 0 amide bonds. The Kier molecular flexibility index (Phi) is 5.59. The van der Waals surface area contributed by atoms with Crippen LogP contribution in [0, 0.1) is 20.8 Å². The van der Waals surface area contributed by atoms with E-state index in [1.165, 1.54) is 33.5 Å². The Hall–Kier alpha value is -2.40. The largest absolute Gasteiger partial charge is 0.493 e. The van der Waals surface area contributed by atoms with E-state index in [9.17, 15) is 0 Å². The van der Waals surface area contributed by atoms with E-state index < -0.39 is 0 Å². The molecule has 1 atom stereocenters. The van der Waals surface area contributed by atoms with Crippen molar-refractivity contribution >= 4 is 5.69 Å². The van der Waals surface area contributed by atoms with Crippen molar-refractivity contribution in [2.24, 2.45) is 0 Å². The summed E-state index contributed by atoms with van der Waals surface area (Å²) in [6.45, 7) is 14.1. The van der Waals surface area contributed by atoms with Crippen molar-refractivity contribution in [2.75, 3.05) is 45.8 Å². The molecule has 0 bridgehead atoms. The Bertz CT molecular complexity index is 999. The van der Waals surface area contributed by atoms with Crippen molar-refractivity contribution in [3.63, 3.8) is 0 Å². The molecule has 31 heavy (non-hydrogen) atoms. The quantitative estimate of drug-likeness (QED) is 0.702. The van der Waals surface area contributed by atoms with Crippen molar-refractivity contribution < 1.29 is 14.2 Å². The second-order valence-electron chi connectivity index (χ2n) is 9.63. The zero-order chi connectivity index (χ0) is 22.5. The lowest BCUT2D eigenvalue weighted by molar-refractivity contribution is 0.137. The van der Waals surface area contributed by atoms with E-state index in [2.05, 4.69) is 63.6 Å². The first-order chi connectivity index (χ1) is 14.7. The van der Waals surface area contributed by atoms with Gasteiger partial charge in [-0.15, -0.1) is 0 Å². The van der Waals surface area contributed by atoms with Gasteiger partial charge < -0.3 is 19.1 Å². The molecule has 2 aliphatic heterocycles. The zero-order valence-corrected chi connectivity index (χ0v) is 20.3. The fraction of sp³-hybridized carbons (Fsp3) is 0.538. The normalized spacial score (nSPS) is 20.4. The van der Waals surface area contributed by atoms with Gasteiger partial charge in [0.25, 0.3) is 0 Å². The molecule has 2 aromatic rings. The van der Waals surface area contributed by atoms with Crippen molar-refractivity contribution in [3.05, 3.63) is 46.0 Å². The predicted molar refractivity (Wildman–Crippen MR) is 126 cm³/mol. The van der Waals surface area contributed by atoms with Crippen LogP contribution < -0.4 is 19.1 Å². The number of likely N-dealkylation sites (N-methyl/N-ethyl adjacent to an activating group) is 1. The molecule has 2 heterocycles. The highest BCUT2D eigenvalue weighted by molar-refractivity contribution is 5.70. The lowest BCUT2D eigenvalue weighted by Gasteiger charge is -2.42. The van der Waals surface area contributed by atoms with Crippen LogP contribution in [0.3, 0.4) is 0 Å². The van der Waals surface area contributed by atoms with E-state index in [0.29, 0.717) is 0 Å². The number of piperazine rings is 1. The van der Waals surface area contributed by atoms with Gasteiger partial charge in [-0.05, 0) is 76.1 Å². The highest BCUT2D eigenvalue weighted by atomic mass is 16.5. The number of methoxy groups -OCH3 is 2. The van der Waals surface area contributed by atoms with Crippen LogP contribution in [0.25, 0.3) is 0 Å². The Balaban J connectivity index is 1.71. The Morgan fingerprint density at radius 1 is 0.968 bits per heavy atom. The molecule has 0 spiro atoms. The van der Waals surface area contributed by atoms with Gasteiger partial charge in [-0.3, -0.25) is 4.90 Å². The summed E-state index contributed by atoms with van der Waals surface area (Å²) in [5, 5.41) is 0. The molecule has 1 saturated heterocycles. The minimum atomic E-state index is -0.132. The van der Waals surface area contributed by atoms with E-state index in [0.717, 1.165) is 43.3 Å². The molecule has 5 nitrogen and oxygen atoms in total. The first kappa shape index (κ1) is 21.8. The molecule has 0 N–H and O–H groups in total. The number of anilines is 1. The monoisotopic (exact) mass is 424 g/mol. The number of hydrogen-bond donors (Lipinski definition) is 0. The summed E-state index contributed by atoms with van der Waals surface area (Å²) in [6, 6.07) is 6.58. The topological polar surface area (TPSA) is 34.2 Å². The summed E-state index contributed by atoms with van der Waals surface area (Å²) in [7, 11) is 5.59. The lowest BCUT2D eigenvalue weighted by Crippen LogP contribution is -2.47. The molecule has 5 heteroatoms. The first-order valence-electron chi connectivity index (χ1n) is 11.2. The Morgan fingerprint density at radius 2 is 1.68 bits per heavy atom. The Labute approximate surface area is 186 Å². The number of ether oxygens (including phenoxy) is 3. The van der Waals surface area contributed by atoms with E-state index in [-0.39, 0.29) is 11.6 Å². The van der Waals surface area contributed by atoms with Crippen molar-refractivity contribution in [2.45, 2.75) is 52.7 Å². The fourth-order valence-corrected chi connectivity index (χ4v) is 5.23. The van der Waals surface area contributed by atoms with Crippen LogP contribution in [0.2, 0.25) is 0 Å². The SMILES string of the molecule is COc1ccc(C2CN(c3c(C)c(C)c4c(c3C)CC(C)(C)O4)CCN2C)cc1OC. The predicted octanol–water partition coefficient (Wildman–Crippen LogP) is 4.84. The number of fused-ring (bicyclic) bond motifs is 1. The van der Waals surface area contributed by atoms with E-state index in [4.69, 9.17) is 14.2 Å². The van der Waals surface area contributed by atoms with Gasteiger partial charge in [-0.25, -0.2) is 0 Å². The maximum Gasteiger partial charge on any atom is 0.161 e. The fourth-order valence-electron chi connectivity index (χ4n) is 5.23. The standard InChI is InChI=1S/C26H36N2O3/c1-16-17(2)25-20(14-26(4,5)31-25)18(3)24(16)28-12-11-27(6)21(15-28)19-9-10-22(29-7)23(13-19)30-8/h9-10,13,21H,11-12,14-15H2,1-8H3. The van der Waals surface area contributed by atoms with Crippen LogP contribution in [-0.2, 0) is 6.42 Å². The molecule has 0 saturated carbocycles. The third-order valence-corrected chi connectivity index (χ3v) is 7.08. The second kappa shape index (κ2) is 7.94. The van der Waals surface area contributed by atoms with Crippen molar-refractivity contribution in [3.8, 4) is 17.2 Å². The van der Waals surface area contributed by atoms with Crippen LogP contribution in [0.4, 0.5) is 5.69 Å². The summed E-state index contributed by atoms with van der Waals surface area (Å²) >= 11 is 0. The van der Waals surface area contributed by atoms with Crippen LogP contribution in [0.5, 0.6) is 17.2 Å². The molecule has 0 aromatic heterocycles. The number of rotatable bonds is 4. The van der Waals surface area contributed by atoms with Gasteiger partial charge in [0.05, 0.1) is 20.3 Å². The molecule has 0 aliphatic carbocycles.